The minimum Gasteiger partial charge on any atom is -0.280 e. The first kappa shape index (κ1) is 14.8. The minimum atomic E-state index is -3.61. The van der Waals surface area contributed by atoms with Crippen molar-refractivity contribution in [1.82, 2.24) is 9.78 Å². The zero-order valence-corrected chi connectivity index (χ0v) is 13.8. The van der Waals surface area contributed by atoms with Crippen LogP contribution in [0.1, 0.15) is 0 Å². The van der Waals surface area contributed by atoms with E-state index in [1.807, 2.05) is 0 Å². The summed E-state index contributed by atoms with van der Waals surface area (Å²) in [7, 11) is -3.61. The van der Waals surface area contributed by atoms with Crippen molar-refractivity contribution in [3.8, 4) is 5.69 Å². The number of benzene rings is 2. The van der Waals surface area contributed by atoms with Crippen molar-refractivity contribution >= 4 is 31.6 Å². The molecule has 0 bridgehead atoms. The Labute approximate surface area is 136 Å². The van der Waals surface area contributed by atoms with E-state index in [1.54, 1.807) is 71.7 Å². The lowest BCUT2D eigenvalue weighted by Crippen LogP contribution is -2.12. The first-order valence-corrected chi connectivity index (χ1v) is 8.71. The summed E-state index contributed by atoms with van der Waals surface area (Å²) >= 11 is 3.31. The Hall–Kier alpha value is -2.12. The number of anilines is 1. The molecule has 0 fully saturated rings. The molecule has 3 rings (SSSR count). The van der Waals surface area contributed by atoms with E-state index in [0.29, 0.717) is 5.69 Å². The maximum atomic E-state index is 12.3. The molecule has 1 aromatic heterocycles. The highest BCUT2D eigenvalue weighted by atomic mass is 79.9. The smallest absolute Gasteiger partial charge is 0.261 e. The first-order chi connectivity index (χ1) is 10.5. The number of nitrogens with one attached hydrogen (secondary N) is 1. The molecule has 0 spiro atoms. The third kappa shape index (κ3) is 3.20. The molecule has 22 heavy (non-hydrogen) atoms. The van der Waals surface area contributed by atoms with Crippen LogP contribution in [0.5, 0.6) is 0 Å². The normalized spacial score (nSPS) is 11.3. The molecule has 0 saturated carbocycles. The van der Waals surface area contributed by atoms with Gasteiger partial charge in [0.05, 0.1) is 10.6 Å². The Bertz CT molecular complexity index is 858. The predicted molar refractivity (Wildman–Crippen MR) is 88.5 cm³/mol. The lowest BCUT2D eigenvalue weighted by molar-refractivity contribution is 0.601. The maximum absolute atomic E-state index is 12.3. The summed E-state index contributed by atoms with van der Waals surface area (Å²) in [5.41, 5.74) is 1.31. The van der Waals surface area contributed by atoms with Gasteiger partial charge in [-0.3, -0.25) is 4.72 Å². The molecule has 3 aromatic rings. The van der Waals surface area contributed by atoms with Crippen LogP contribution in [0.15, 0.2) is 76.4 Å². The Morgan fingerprint density at radius 2 is 1.68 bits per heavy atom. The molecular weight excluding hydrogens is 366 g/mol. The Balaban J connectivity index is 1.84. The van der Waals surface area contributed by atoms with Crippen LogP contribution < -0.4 is 4.72 Å². The maximum Gasteiger partial charge on any atom is 0.261 e. The summed E-state index contributed by atoms with van der Waals surface area (Å²) in [6.45, 7) is 0. The number of halogens is 1. The topological polar surface area (TPSA) is 64.0 Å². The molecule has 0 aliphatic rings. The molecule has 1 N–H and O–H groups in total. The highest BCUT2D eigenvalue weighted by Crippen LogP contribution is 2.19. The standard InChI is InChI=1S/C15H12BrN3O2S/c16-12-2-4-13(5-3-12)18-22(20,21)15-8-6-14(7-9-15)19-11-1-10-17-19/h1-11,18H. The van der Waals surface area contributed by atoms with E-state index < -0.39 is 10.0 Å². The minimum absolute atomic E-state index is 0.200. The number of rotatable bonds is 4. The number of sulfonamides is 1. The first-order valence-electron chi connectivity index (χ1n) is 6.43. The van der Waals surface area contributed by atoms with E-state index in [1.165, 1.54) is 0 Å². The predicted octanol–water partition coefficient (Wildman–Crippen LogP) is 3.44. The van der Waals surface area contributed by atoms with Crippen molar-refractivity contribution in [2.75, 3.05) is 4.72 Å². The van der Waals surface area contributed by atoms with Gasteiger partial charge >= 0.3 is 0 Å². The second-order valence-corrected chi connectivity index (χ2v) is 7.16. The van der Waals surface area contributed by atoms with Crippen molar-refractivity contribution in [2.45, 2.75) is 4.90 Å². The third-order valence-electron chi connectivity index (χ3n) is 3.01. The third-order valence-corrected chi connectivity index (χ3v) is 4.94. The molecule has 5 nitrogen and oxygen atoms in total. The zero-order chi connectivity index (χ0) is 15.6. The molecule has 7 heteroatoms. The molecule has 1 heterocycles. The molecule has 2 aromatic carbocycles. The van der Waals surface area contributed by atoms with Crippen molar-refractivity contribution in [3.63, 3.8) is 0 Å². The summed E-state index contributed by atoms with van der Waals surface area (Å²) in [5, 5.41) is 4.10. The van der Waals surface area contributed by atoms with Gasteiger partial charge < -0.3 is 0 Å². The fourth-order valence-electron chi connectivity index (χ4n) is 1.93. The second-order valence-electron chi connectivity index (χ2n) is 4.56. The van der Waals surface area contributed by atoms with Gasteiger partial charge in [-0.2, -0.15) is 5.10 Å². The van der Waals surface area contributed by atoms with Crippen LogP contribution in [0.2, 0.25) is 0 Å². The van der Waals surface area contributed by atoms with E-state index in [2.05, 4.69) is 25.8 Å². The SMILES string of the molecule is O=S(=O)(Nc1ccc(Br)cc1)c1ccc(-n2cccn2)cc1. The monoisotopic (exact) mass is 377 g/mol. The number of hydrogen-bond acceptors (Lipinski definition) is 3. The molecule has 0 aliphatic carbocycles. The molecule has 0 atom stereocenters. The Morgan fingerprint density at radius 3 is 2.27 bits per heavy atom. The largest absolute Gasteiger partial charge is 0.280 e. The van der Waals surface area contributed by atoms with Gasteiger partial charge in [0.25, 0.3) is 10.0 Å². The molecule has 0 aliphatic heterocycles. The van der Waals surface area contributed by atoms with Gasteiger partial charge in [-0.1, -0.05) is 15.9 Å². The van der Waals surface area contributed by atoms with Crippen LogP contribution in [-0.2, 0) is 10.0 Å². The van der Waals surface area contributed by atoms with E-state index in [9.17, 15) is 8.42 Å². The zero-order valence-electron chi connectivity index (χ0n) is 11.3. The summed E-state index contributed by atoms with van der Waals surface area (Å²) in [5.74, 6) is 0. The summed E-state index contributed by atoms with van der Waals surface area (Å²) in [6, 6.07) is 15.3. The van der Waals surface area contributed by atoms with E-state index in [4.69, 9.17) is 0 Å². The van der Waals surface area contributed by atoms with Crippen LogP contribution >= 0.6 is 15.9 Å². The average Bonchev–Trinajstić information content (AvgIpc) is 3.04. The van der Waals surface area contributed by atoms with Gasteiger partial charge in [0, 0.05) is 22.6 Å². The van der Waals surface area contributed by atoms with E-state index >= 15 is 0 Å². The number of hydrogen-bond donors (Lipinski definition) is 1. The molecule has 0 radical (unpaired) electrons. The summed E-state index contributed by atoms with van der Waals surface area (Å²) in [6.07, 6.45) is 3.46. The quantitative estimate of drug-likeness (QED) is 0.757. The lowest BCUT2D eigenvalue weighted by atomic mass is 10.3. The average molecular weight is 378 g/mol. The Kier molecular flexibility index (Phi) is 4.00. The Morgan fingerprint density at radius 1 is 1.00 bits per heavy atom. The van der Waals surface area contributed by atoms with Crippen LogP contribution in [-0.4, -0.2) is 18.2 Å². The molecule has 0 saturated heterocycles. The van der Waals surface area contributed by atoms with Crippen molar-refractivity contribution in [1.29, 1.82) is 0 Å². The second kappa shape index (κ2) is 5.94. The van der Waals surface area contributed by atoms with Gasteiger partial charge in [0.1, 0.15) is 0 Å². The summed E-state index contributed by atoms with van der Waals surface area (Å²) in [4.78, 5) is 0.200. The van der Waals surface area contributed by atoms with E-state index in [-0.39, 0.29) is 4.90 Å². The van der Waals surface area contributed by atoms with Gasteiger partial charge in [0.15, 0.2) is 0 Å². The number of aromatic nitrogens is 2. The molecule has 0 unspecified atom stereocenters. The van der Waals surface area contributed by atoms with Crippen molar-refractivity contribution in [2.24, 2.45) is 0 Å². The summed E-state index contributed by atoms with van der Waals surface area (Å²) < 4.78 is 29.8. The molecular formula is C15H12BrN3O2S. The van der Waals surface area contributed by atoms with Crippen LogP contribution in [0.3, 0.4) is 0 Å². The van der Waals surface area contributed by atoms with E-state index in [0.717, 1.165) is 10.2 Å². The van der Waals surface area contributed by atoms with Gasteiger partial charge in [0.2, 0.25) is 0 Å². The van der Waals surface area contributed by atoms with Crippen molar-refractivity contribution < 1.29 is 8.42 Å². The highest BCUT2D eigenvalue weighted by Gasteiger charge is 2.14. The number of nitrogens with zero attached hydrogens (tertiary/aromatic N) is 2. The fraction of sp³-hybridized carbons (Fsp3) is 0. The van der Waals surface area contributed by atoms with Gasteiger partial charge in [-0.05, 0) is 54.6 Å². The molecule has 112 valence electrons. The van der Waals surface area contributed by atoms with Crippen LogP contribution in [0, 0.1) is 0 Å². The van der Waals surface area contributed by atoms with Crippen LogP contribution in [0.25, 0.3) is 5.69 Å². The van der Waals surface area contributed by atoms with Crippen LogP contribution in [0.4, 0.5) is 5.69 Å². The fourth-order valence-corrected chi connectivity index (χ4v) is 3.25. The lowest BCUT2D eigenvalue weighted by Gasteiger charge is -2.09. The van der Waals surface area contributed by atoms with Gasteiger partial charge in [-0.25, -0.2) is 13.1 Å². The highest BCUT2D eigenvalue weighted by molar-refractivity contribution is 9.10. The van der Waals surface area contributed by atoms with Crippen molar-refractivity contribution in [3.05, 3.63) is 71.5 Å². The van der Waals surface area contributed by atoms with Gasteiger partial charge in [-0.15, -0.1) is 0 Å². The molecule has 0 amide bonds.